The lowest BCUT2D eigenvalue weighted by molar-refractivity contribution is 0.250. The molecule has 1 aliphatic heterocycles. The second kappa shape index (κ2) is 6.73. The number of aromatic nitrogens is 3. The van der Waals surface area contributed by atoms with E-state index >= 15 is 0 Å². The van der Waals surface area contributed by atoms with Gasteiger partial charge in [-0.05, 0) is 6.08 Å². The van der Waals surface area contributed by atoms with Crippen LogP contribution in [0.2, 0.25) is 0 Å². The summed E-state index contributed by atoms with van der Waals surface area (Å²) in [4.78, 5) is 19.7. The molecule has 10 heteroatoms. The number of carbonyl (C=O) groups excluding carboxylic acids is 1. The predicted octanol–water partition coefficient (Wildman–Crippen LogP) is 3.47. The fourth-order valence-corrected chi connectivity index (χ4v) is 3.48. The largest absolute Gasteiger partial charge is 0.493 e. The molecule has 3 heterocycles. The molecule has 150 valence electrons. The van der Waals surface area contributed by atoms with E-state index in [2.05, 4.69) is 21.8 Å². The van der Waals surface area contributed by atoms with Crippen molar-refractivity contribution in [3.63, 3.8) is 0 Å². The van der Waals surface area contributed by atoms with Crippen LogP contribution in [0.5, 0.6) is 11.5 Å². The number of benzene rings is 1. The van der Waals surface area contributed by atoms with Crippen LogP contribution in [0.25, 0.3) is 17.1 Å². The van der Waals surface area contributed by atoms with Crippen molar-refractivity contribution in [3.05, 3.63) is 41.7 Å². The van der Waals surface area contributed by atoms with Gasteiger partial charge in [0.25, 0.3) is 0 Å². The Morgan fingerprint density at radius 2 is 1.86 bits per heavy atom. The molecule has 0 bridgehead atoms. The van der Waals surface area contributed by atoms with E-state index in [1.54, 1.807) is 6.08 Å². The number of urea groups is 1. The number of hydrogen-bond acceptors (Lipinski definition) is 5. The number of anilines is 2. The number of halogens is 2. The van der Waals surface area contributed by atoms with Gasteiger partial charge in [-0.3, -0.25) is 14.9 Å². The van der Waals surface area contributed by atoms with Crippen molar-refractivity contribution < 1.29 is 23.0 Å². The average Bonchev–Trinajstić information content (AvgIpc) is 3.14. The third-order valence-electron chi connectivity index (χ3n) is 4.87. The van der Waals surface area contributed by atoms with Gasteiger partial charge in [0, 0.05) is 24.9 Å². The van der Waals surface area contributed by atoms with Gasteiger partial charge in [0.1, 0.15) is 5.69 Å². The highest BCUT2D eigenvalue weighted by molar-refractivity contribution is 6.12. The quantitative estimate of drug-likeness (QED) is 0.724. The smallest absolute Gasteiger partial charge is 0.329 e. The van der Waals surface area contributed by atoms with E-state index in [9.17, 15) is 13.6 Å². The Morgan fingerprint density at radius 3 is 2.45 bits per heavy atom. The van der Waals surface area contributed by atoms with Gasteiger partial charge in [0.05, 0.1) is 37.5 Å². The Kier molecular flexibility index (Phi) is 4.33. The summed E-state index contributed by atoms with van der Waals surface area (Å²) in [5.41, 5.74) is 1.59. The number of H-pyrrole nitrogens is 1. The third kappa shape index (κ3) is 2.59. The average molecular weight is 401 g/mol. The molecule has 0 aliphatic carbocycles. The summed E-state index contributed by atoms with van der Waals surface area (Å²) >= 11 is 0. The number of methoxy groups -OCH3 is 2. The first-order valence-corrected chi connectivity index (χ1v) is 8.56. The first-order valence-electron chi connectivity index (χ1n) is 8.56. The summed E-state index contributed by atoms with van der Waals surface area (Å²) in [6.45, 7) is 3.63. The maximum absolute atomic E-state index is 15.0. The van der Waals surface area contributed by atoms with Crippen LogP contribution < -0.4 is 19.3 Å². The fraction of sp³-hybridized carbons (Fsp3) is 0.211. The molecule has 3 aromatic rings. The number of ether oxygens (including phenoxy) is 2. The number of hydrogen-bond donors (Lipinski definition) is 1. The molecule has 1 aromatic carbocycles. The Hall–Kier alpha value is -3.69. The first-order chi connectivity index (χ1) is 13.9. The van der Waals surface area contributed by atoms with Crippen LogP contribution in [0.3, 0.4) is 0 Å². The van der Waals surface area contributed by atoms with E-state index in [1.807, 2.05) is 0 Å². The maximum atomic E-state index is 15.0. The molecule has 0 spiro atoms. The molecule has 8 nitrogen and oxygen atoms in total. The Bertz CT molecular complexity index is 1130. The molecule has 2 amide bonds. The minimum absolute atomic E-state index is 0.104. The molecule has 1 aliphatic rings. The number of pyridine rings is 1. The zero-order chi connectivity index (χ0) is 20.9. The summed E-state index contributed by atoms with van der Waals surface area (Å²) in [7, 11) is 4.00. The van der Waals surface area contributed by atoms with Crippen LogP contribution in [-0.2, 0) is 6.54 Å². The highest BCUT2D eigenvalue weighted by Crippen LogP contribution is 2.42. The normalized spacial score (nSPS) is 13.6. The van der Waals surface area contributed by atoms with Crippen molar-refractivity contribution in [1.29, 1.82) is 0 Å². The van der Waals surface area contributed by atoms with E-state index < -0.39 is 23.4 Å². The predicted molar refractivity (Wildman–Crippen MR) is 103 cm³/mol. The summed E-state index contributed by atoms with van der Waals surface area (Å²) in [6.07, 6.45) is 3.09. The van der Waals surface area contributed by atoms with Crippen molar-refractivity contribution >= 4 is 34.5 Å². The molecule has 0 saturated carbocycles. The van der Waals surface area contributed by atoms with Gasteiger partial charge in [-0.1, -0.05) is 6.58 Å². The lowest BCUT2D eigenvalue weighted by Gasteiger charge is -2.35. The fourth-order valence-electron chi connectivity index (χ4n) is 3.48. The highest BCUT2D eigenvalue weighted by atomic mass is 19.1. The van der Waals surface area contributed by atoms with Gasteiger partial charge in [-0.15, -0.1) is 0 Å². The monoisotopic (exact) mass is 401 g/mol. The van der Waals surface area contributed by atoms with Crippen LogP contribution >= 0.6 is 0 Å². The van der Waals surface area contributed by atoms with Gasteiger partial charge in [-0.2, -0.15) is 5.10 Å². The van der Waals surface area contributed by atoms with Crippen molar-refractivity contribution in [3.8, 4) is 11.5 Å². The van der Waals surface area contributed by atoms with Gasteiger partial charge < -0.3 is 9.47 Å². The molecule has 2 aromatic heterocycles. The molecular formula is C19H17F2N5O3. The molecule has 4 rings (SSSR count). The Labute approximate surface area is 164 Å². The van der Waals surface area contributed by atoms with E-state index in [1.165, 1.54) is 32.4 Å². The number of aromatic amines is 1. The lowest BCUT2D eigenvalue weighted by Crippen LogP contribution is -2.46. The number of fused-ring (bicyclic) bond motifs is 3. The molecule has 0 radical (unpaired) electrons. The Morgan fingerprint density at radius 1 is 1.21 bits per heavy atom. The molecule has 0 saturated heterocycles. The van der Waals surface area contributed by atoms with Gasteiger partial charge in [-0.25, -0.2) is 18.6 Å². The maximum Gasteiger partial charge on any atom is 0.329 e. The summed E-state index contributed by atoms with van der Waals surface area (Å²) in [6, 6.07) is 0.460. The number of rotatable bonds is 4. The number of carbonyl (C=O) groups is 1. The Balaban J connectivity index is 1.93. The minimum atomic E-state index is -1.000. The summed E-state index contributed by atoms with van der Waals surface area (Å²) in [5.74, 6) is -2.48. The van der Waals surface area contributed by atoms with Crippen LogP contribution in [-0.4, -0.2) is 42.5 Å². The molecule has 0 fully saturated rings. The zero-order valence-electron chi connectivity index (χ0n) is 15.9. The van der Waals surface area contributed by atoms with Crippen molar-refractivity contribution in [1.82, 2.24) is 15.2 Å². The highest BCUT2D eigenvalue weighted by Gasteiger charge is 2.36. The number of nitrogens with zero attached hydrogens (tertiary/aromatic N) is 4. The van der Waals surface area contributed by atoms with Crippen LogP contribution in [0.4, 0.5) is 25.0 Å². The number of amides is 2. The van der Waals surface area contributed by atoms with Crippen LogP contribution in [0, 0.1) is 11.6 Å². The van der Waals surface area contributed by atoms with E-state index in [-0.39, 0.29) is 18.0 Å². The van der Waals surface area contributed by atoms with Crippen LogP contribution in [0.1, 0.15) is 11.3 Å². The number of nitrogens with one attached hydrogen (secondary N) is 1. The first kappa shape index (κ1) is 18.7. The van der Waals surface area contributed by atoms with Crippen molar-refractivity contribution in [2.45, 2.75) is 6.54 Å². The topological polar surface area (TPSA) is 83.6 Å². The summed E-state index contributed by atoms with van der Waals surface area (Å²) < 4.78 is 39.9. The zero-order valence-corrected chi connectivity index (χ0v) is 15.9. The van der Waals surface area contributed by atoms with E-state index in [4.69, 9.17) is 9.47 Å². The van der Waals surface area contributed by atoms with E-state index in [0.29, 0.717) is 28.0 Å². The van der Waals surface area contributed by atoms with Crippen molar-refractivity contribution in [2.75, 3.05) is 31.1 Å². The molecule has 1 N–H and O–H groups in total. The van der Waals surface area contributed by atoms with Gasteiger partial charge in [0.2, 0.25) is 0 Å². The van der Waals surface area contributed by atoms with E-state index in [0.717, 1.165) is 11.0 Å². The molecule has 29 heavy (non-hydrogen) atoms. The SMILES string of the molecule is C=Cc1[nH]nc2ncc3c(c12)N(C)C(=O)N(c1c(F)c(OC)cc(OC)c1F)C3. The van der Waals surface area contributed by atoms with Gasteiger partial charge in [0.15, 0.2) is 28.8 Å². The van der Waals surface area contributed by atoms with Crippen molar-refractivity contribution in [2.24, 2.45) is 0 Å². The molecular weight excluding hydrogens is 384 g/mol. The third-order valence-corrected chi connectivity index (χ3v) is 4.87. The standard InChI is InChI=1S/C19H17F2N5O3/c1-5-10-13-16-9(7-22-18(13)24-23-10)8-26(19(27)25(16)2)17-14(20)11(28-3)6-12(29-4)15(17)21/h5-7H,1,8H2,2-4H3,(H,22,23,24). The van der Waals surface area contributed by atoms with Gasteiger partial charge >= 0.3 is 6.03 Å². The van der Waals surface area contributed by atoms with Crippen LogP contribution in [0.15, 0.2) is 18.8 Å². The lowest BCUT2D eigenvalue weighted by atomic mass is 10.1. The summed E-state index contributed by atoms with van der Waals surface area (Å²) in [5, 5.41) is 7.51. The molecule has 0 atom stereocenters. The molecule has 0 unspecified atom stereocenters. The second-order valence-electron chi connectivity index (χ2n) is 6.36. The minimum Gasteiger partial charge on any atom is -0.493 e. The second-order valence-corrected chi connectivity index (χ2v) is 6.36.